The SMILES string of the molecule is CC(C)C1CC(Nc2ccc([N+](=O)[O-])cc2)C1. The predicted octanol–water partition coefficient (Wildman–Crippen LogP) is 3.44. The van der Waals surface area contributed by atoms with Crippen molar-refractivity contribution in [2.45, 2.75) is 32.7 Å². The molecule has 0 saturated heterocycles. The largest absolute Gasteiger partial charge is 0.382 e. The molecule has 0 amide bonds. The van der Waals surface area contributed by atoms with Crippen LogP contribution in [0.25, 0.3) is 0 Å². The normalized spacial score (nSPS) is 23.2. The van der Waals surface area contributed by atoms with Crippen LogP contribution in [0.2, 0.25) is 0 Å². The summed E-state index contributed by atoms with van der Waals surface area (Å²) in [6, 6.07) is 7.17. The van der Waals surface area contributed by atoms with E-state index >= 15 is 0 Å². The lowest BCUT2D eigenvalue weighted by Gasteiger charge is -2.39. The Balaban J connectivity index is 1.86. The maximum Gasteiger partial charge on any atom is 0.269 e. The minimum absolute atomic E-state index is 0.143. The summed E-state index contributed by atoms with van der Waals surface area (Å²) in [5.41, 5.74) is 1.12. The number of rotatable bonds is 4. The second kappa shape index (κ2) is 4.73. The number of hydrogen-bond acceptors (Lipinski definition) is 3. The number of nitrogens with zero attached hydrogens (tertiary/aromatic N) is 1. The molecular formula is C13H18N2O2. The lowest BCUT2D eigenvalue weighted by Crippen LogP contribution is -2.37. The molecule has 0 atom stereocenters. The fourth-order valence-corrected chi connectivity index (χ4v) is 2.24. The molecule has 4 nitrogen and oxygen atoms in total. The monoisotopic (exact) mass is 234 g/mol. The average molecular weight is 234 g/mol. The van der Waals surface area contributed by atoms with E-state index in [1.165, 1.54) is 12.8 Å². The second-order valence-corrected chi connectivity index (χ2v) is 5.12. The highest BCUT2D eigenvalue weighted by Gasteiger charge is 2.30. The molecule has 4 heteroatoms. The zero-order valence-electron chi connectivity index (χ0n) is 10.2. The molecule has 1 N–H and O–H groups in total. The third-order valence-electron chi connectivity index (χ3n) is 3.57. The van der Waals surface area contributed by atoms with Gasteiger partial charge >= 0.3 is 0 Å². The van der Waals surface area contributed by atoms with Gasteiger partial charge in [0.25, 0.3) is 5.69 Å². The molecule has 0 bridgehead atoms. The van der Waals surface area contributed by atoms with Crippen LogP contribution in [0.5, 0.6) is 0 Å². The highest BCUT2D eigenvalue weighted by molar-refractivity contribution is 5.49. The number of nitro groups is 1. The van der Waals surface area contributed by atoms with Gasteiger partial charge in [0.2, 0.25) is 0 Å². The van der Waals surface area contributed by atoms with Crippen LogP contribution >= 0.6 is 0 Å². The summed E-state index contributed by atoms with van der Waals surface area (Å²) < 4.78 is 0. The van der Waals surface area contributed by atoms with Gasteiger partial charge in [0.1, 0.15) is 0 Å². The Bertz CT molecular complexity index is 394. The van der Waals surface area contributed by atoms with Crippen LogP contribution in [0, 0.1) is 22.0 Å². The maximum absolute atomic E-state index is 10.5. The summed E-state index contributed by atoms with van der Waals surface area (Å²) in [7, 11) is 0. The standard InChI is InChI=1S/C13H18N2O2/c1-9(2)10-7-12(8-10)14-11-3-5-13(6-4-11)15(16)17/h3-6,9-10,12,14H,7-8H2,1-2H3. The molecule has 2 rings (SSSR count). The molecule has 0 spiro atoms. The van der Waals surface area contributed by atoms with Gasteiger partial charge in [-0.3, -0.25) is 10.1 Å². The van der Waals surface area contributed by atoms with Crippen LogP contribution in [-0.2, 0) is 0 Å². The summed E-state index contributed by atoms with van der Waals surface area (Å²) in [4.78, 5) is 10.1. The maximum atomic E-state index is 10.5. The van der Waals surface area contributed by atoms with E-state index in [1.54, 1.807) is 24.3 Å². The van der Waals surface area contributed by atoms with Gasteiger partial charge in [-0.1, -0.05) is 13.8 Å². The molecule has 1 aromatic carbocycles. The van der Waals surface area contributed by atoms with E-state index in [4.69, 9.17) is 0 Å². The number of non-ortho nitro benzene ring substituents is 1. The average Bonchev–Trinajstić information content (AvgIpc) is 2.23. The molecule has 17 heavy (non-hydrogen) atoms. The number of nitrogens with one attached hydrogen (secondary N) is 1. The van der Waals surface area contributed by atoms with Crippen molar-refractivity contribution in [1.29, 1.82) is 0 Å². The molecule has 1 aromatic rings. The Kier molecular flexibility index (Phi) is 3.31. The van der Waals surface area contributed by atoms with E-state index in [2.05, 4.69) is 19.2 Å². The fourth-order valence-electron chi connectivity index (χ4n) is 2.24. The van der Waals surface area contributed by atoms with E-state index in [9.17, 15) is 10.1 Å². The number of anilines is 1. The first-order valence-electron chi connectivity index (χ1n) is 6.07. The van der Waals surface area contributed by atoms with E-state index in [0.29, 0.717) is 6.04 Å². The van der Waals surface area contributed by atoms with Crippen molar-refractivity contribution in [3.63, 3.8) is 0 Å². The van der Waals surface area contributed by atoms with Crippen molar-refractivity contribution >= 4 is 11.4 Å². The van der Waals surface area contributed by atoms with Crippen molar-refractivity contribution in [3.8, 4) is 0 Å². The van der Waals surface area contributed by atoms with Gasteiger partial charge in [0, 0.05) is 23.9 Å². The van der Waals surface area contributed by atoms with Crippen molar-refractivity contribution < 1.29 is 4.92 Å². The van der Waals surface area contributed by atoms with Gasteiger partial charge < -0.3 is 5.32 Å². The minimum atomic E-state index is -0.373. The van der Waals surface area contributed by atoms with E-state index < -0.39 is 0 Å². The van der Waals surface area contributed by atoms with E-state index in [0.717, 1.165) is 17.5 Å². The summed E-state index contributed by atoms with van der Waals surface area (Å²) in [5, 5.41) is 13.9. The first-order chi connectivity index (χ1) is 8.06. The molecule has 1 fully saturated rings. The highest BCUT2D eigenvalue weighted by atomic mass is 16.6. The van der Waals surface area contributed by atoms with Gasteiger partial charge in [-0.05, 0) is 36.8 Å². The quantitative estimate of drug-likeness (QED) is 0.641. The van der Waals surface area contributed by atoms with Gasteiger partial charge in [-0.25, -0.2) is 0 Å². The predicted molar refractivity (Wildman–Crippen MR) is 68.1 cm³/mol. The second-order valence-electron chi connectivity index (χ2n) is 5.12. The molecule has 0 heterocycles. The molecule has 1 saturated carbocycles. The fraction of sp³-hybridized carbons (Fsp3) is 0.538. The Labute approximate surface area is 101 Å². The van der Waals surface area contributed by atoms with Crippen LogP contribution in [0.15, 0.2) is 24.3 Å². The minimum Gasteiger partial charge on any atom is -0.382 e. The van der Waals surface area contributed by atoms with Crippen molar-refractivity contribution in [3.05, 3.63) is 34.4 Å². The number of benzene rings is 1. The Morgan fingerprint density at radius 2 is 1.88 bits per heavy atom. The lowest BCUT2D eigenvalue weighted by atomic mass is 9.73. The van der Waals surface area contributed by atoms with Crippen LogP contribution < -0.4 is 5.32 Å². The van der Waals surface area contributed by atoms with Gasteiger partial charge in [0.15, 0.2) is 0 Å². The molecule has 0 radical (unpaired) electrons. The van der Waals surface area contributed by atoms with Crippen LogP contribution in [0.3, 0.4) is 0 Å². The third-order valence-corrected chi connectivity index (χ3v) is 3.57. The molecular weight excluding hydrogens is 216 g/mol. The Morgan fingerprint density at radius 3 is 2.35 bits per heavy atom. The summed E-state index contributed by atoms with van der Waals surface area (Å²) >= 11 is 0. The van der Waals surface area contributed by atoms with Crippen LogP contribution in [0.1, 0.15) is 26.7 Å². The molecule has 1 aliphatic carbocycles. The zero-order valence-corrected chi connectivity index (χ0v) is 10.2. The van der Waals surface area contributed by atoms with Gasteiger partial charge in [-0.15, -0.1) is 0 Å². The molecule has 1 aliphatic rings. The summed E-state index contributed by atoms with van der Waals surface area (Å²) in [5.74, 6) is 1.58. The van der Waals surface area contributed by atoms with Crippen LogP contribution in [-0.4, -0.2) is 11.0 Å². The van der Waals surface area contributed by atoms with Crippen molar-refractivity contribution in [1.82, 2.24) is 0 Å². The Morgan fingerprint density at radius 1 is 1.29 bits per heavy atom. The van der Waals surface area contributed by atoms with Crippen molar-refractivity contribution in [2.75, 3.05) is 5.32 Å². The number of hydrogen-bond donors (Lipinski definition) is 1. The van der Waals surface area contributed by atoms with Crippen molar-refractivity contribution in [2.24, 2.45) is 11.8 Å². The molecule has 0 aromatic heterocycles. The highest BCUT2D eigenvalue weighted by Crippen LogP contribution is 2.35. The third kappa shape index (κ3) is 2.75. The summed E-state index contributed by atoms with van der Waals surface area (Å²) in [6.45, 7) is 4.51. The van der Waals surface area contributed by atoms with Crippen LogP contribution in [0.4, 0.5) is 11.4 Å². The first-order valence-corrected chi connectivity index (χ1v) is 6.07. The Hall–Kier alpha value is -1.58. The lowest BCUT2D eigenvalue weighted by molar-refractivity contribution is -0.384. The smallest absolute Gasteiger partial charge is 0.269 e. The van der Waals surface area contributed by atoms with Gasteiger partial charge in [-0.2, -0.15) is 0 Å². The van der Waals surface area contributed by atoms with E-state index in [1.807, 2.05) is 0 Å². The molecule has 0 aliphatic heterocycles. The zero-order chi connectivity index (χ0) is 12.4. The molecule has 0 unspecified atom stereocenters. The van der Waals surface area contributed by atoms with Gasteiger partial charge in [0.05, 0.1) is 4.92 Å². The number of nitro benzene ring substituents is 1. The molecule has 92 valence electrons. The van der Waals surface area contributed by atoms with E-state index in [-0.39, 0.29) is 10.6 Å². The summed E-state index contributed by atoms with van der Waals surface area (Å²) in [6.07, 6.45) is 2.41. The first kappa shape index (κ1) is 11.9. The topological polar surface area (TPSA) is 55.2 Å².